The molecule has 0 unspecified atom stereocenters. The van der Waals surface area contributed by atoms with Crippen molar-refractivity contribution in [1.82, 2.24) is 14.5 Å². The minimum atomic E-state index is -0.140. The van der Waals surface area contributed by atoms with Crippen LogP contribution >= 0.6 is 11.6 Å². The van der Waals surface area contributed by atoms with Crippen molar-refractivity contribution in [3.8, 4) is 0 Å². The summed E-state index contributed by atoms with van der Waals surface area (Å²) in [6.07, 6.45) is 23.4. The Morgan fingerprint density at radius 3 is 2.77 bits per heavy atom. The third-order valence-corrected chi connectivity index (χ3v) is 8.68. The van der Waals surface area contributed by atoms with E-state index < -0.39 is 0 Å². The molecule has 6 nitrogen and oxygen atoms in total. The Morgan fingerprint density at radius 2 is 1.97 bits per heavy atom. The van der Waals surface area contributed by atoms with Crippen LogP contribution in [0.4, 0.5) is 4.79 Å². The molecule has 2 fully saturated rings. The molecule has 7 heteroatoms. The molecule has 0 radical (unpaired) electrons. The summed E-state index contributed by atoms with van der Waals surface area (Å²) in [6.45, 7) is 2.33. The van der Waals surface area contributed by atoms with Crippen LogP contribution in [0.5, 0.6) is 0 Å². The lowest BCUT2D eigenvalue weighted by atomic mass is 9.81. The van der Waals surface area contributed by atoms with E-state index in [-0.39, 0.29) is 12.2 Å². The van der Waals surface area contributed by atoms with Gasteiger partial charge in [0.1, 0.15) is 6.10 Å². The maximum atomic E-state index is 12.9. The lowest BCUT2D eigenvalue weighted by Gasteiger charge is -2.38. The average molecular weight is 544 g/mol. The summed E-state index contributed by atoms with van der Waals surface area (Å²) in [5.74, 6) is 0.302. The second kappa shape index (κ2) is 11.9. The highest BCUT2D eigenvalue weighted by Crippen LogP contribution is 2.46. The van der Waals surface area contributed by atoms with Crippen LogP contribution in [0.1, 0.15) is 68.9 Å². The van der Waals surface area contributed by atoms with Crippen LogP contribution in [0.25, 0.3) is 17.0 Å². The Morgan fingerprint density at radius 1 is 1.13 bits per heavy atom. The van der Waals surface area contributed by atoms with Crippen molar-refractivity contribution in [2.24, 2.45) is 5.92 Å². The number of nitrogens with zero attached hydrogens (tertiary/aromatic N) is 4. The molecular weight excluding hydrogens is 508 g/mol. The standard InChI is InChI=1S/C32H36ClN4O2/c33-26-10-11-28-25(21-26)20-24(6-5-16-36-19-15-34-22-36)29-9-4-14-35-31(29)30(28)23-12-17-37(18-13-23)32(38)39-27-7-2-1-3-8-27/h4,9-11,14-15,19-23,27H,1-3,5-8,12-13,16-18H2/q-1. The fourth-order valence-corrected chi connectivity index (χ4v) is 6.59. The molecule has 1 aromatic heterocycles. The number of hydrogen-bond acceptors (Lipinski definition) is 3. The number of piperidine rings is 1. The van der Waals surface area contributed by atoms with Crippen molar-refractivity contribution >= 4 is 29.3 Å². The molecule has 0 atom stereocenters. The molecular formula is C32H36ClN4O2-. The SMILES string of the molecule is O=C(OC1CCCCC1)N1CCC(C2=C3[N-]C=CC=C3C(CCCn3ccnc3)=Cc3cc(Cl)ccc32)CC1. The van der Waals surface area contributed by atoms with Crippen LogP contribution in [0, 0.1) is 5.92 Å². The van der Waals surface area contributed by atoms with E-state index in [4.69, 9.17) is 21.7 Å². The van der Waals surface area contributed by atoms with E-state index in [1.165, 1.54) is 28.7 Å². The number of fused-ring (bicyclic) bond motifs is 2. The second-order valence-electron chi connectivity index (χ2n) is 11.0. The summed E-state index contributed by atoms with van der Waals surface area (Å²) < 4.78 is 8.00. The van der Waals surface area contributed by atoms with Crippen LogP contribution in [-0.4, -0.2) is 39.7 Å². The number of rotatable bonds is 6. The van der Waals surface area contributed by atoms with E-state index in [1.807, 2.05) is 42.0 Å². The van der Waals surface area contributed by atoms with Gasteiger partial charge in [0.05, 0.1) is 6.33 Å². The number of hydrogen-bond donors (Lipinski definition) is 0. The molecule has 0 bridgehead atoms. The number of aryl methyl sites for hydroxylation is 1. The molecule has 2 aromatic rings. The van der Waals surface area contributed by atoms with Gasteiger partial charge in [0, 0.05) is 37.1 Å². The Balaban J connectivity index is 1.24. The van der Waals surface area contributed by atoms with E-state index in [1.54, 1.807) is 0 Å². The first kappa shape index (κ1) is 26.0. The van der Waals surface area contributed by atoms with Gasteiger partial charge >= 0.3 is 6.09 Å². The highest BCUT2D eigenvalue weighted by atomic mass is 35.5. The molecule has 39 heavy (non-hydrogen) atoms. The maximum Gasteiger partial charge on any atom is 0.410 e. The van der Waals surface area contributed by atoms with Gasteiger partial charge in [-0.1, -0.05) is 47.9 Å². The molecule has 3 heterocycles. The first-order valence-electron chi connectivity index (χ1n) is 14.4. The normalized spacial score (nSPS) is 20.0. The molecule has 1 saturated heterocycles. The third-order valence-electron chi connectivity index (χ3n) is 8.45. The number of carbonyl (C=O) groups is 1. The molecule has 4 aliphatic rings. The molecule has 6 rings (SSSR count). The molecule has 1 amide bonds. The fourth-order valence-electron chi connectivity index (χ4n) is 6.41. The van der Waals surface area contributed by atoms with E-state index in [0.29, 0.717) is 19.0 Å². The minimum absolute atomic E-state index is 0.0891. The molecule has 2 aliphatic carbocycles. The zero-order chi connectivity index (χ0) is 26.6. The Bertz CT molecular complexity index is 1310. The molecule has 1 saturated carbocycles. The highest BCUT2D eigenvalue weighted by molar-refractivity contribution is 6.30. The first-order chi connectivity index (χ1) is 19.2. The highest BCUT2D eigenvalue weighted by Gasteiger charge is 2.31. The predicted molar refractivity (Wildman–Crippen MR) is 156 cm³/mol. The van der Waals surface area contributed by atoms with Gasteiger partial charge in [0.25, 0.3) is 0 Å². The van der Waals surface area contributed by atoms with Gasteiger partial charge < -0.3 is 19.5 Å². The minimum Gasteiger partial charge on any atom is -0.663 e. The van der Waals surface area contributed by atoms with Crippen LogP contribution in [0.3, 0.4) is 0 Å². The second-order valence-corrected chi connectivity index (χ2v) is 11.5. The van der Waals surface area contributed by atoms with Crippen LogP contribution in [0.15, 0.2) is 72.1 Å². The summed E-state index contributed by atoms with van der Waals surface area (Å²) in [7, 11) is 0. The van der Waals surface area contributed by atoms with Gasteiger partial charge in [-0.2, -0.15) is 6.20 Å². The third kappa shape index (κ3) is 5.86. The van der Waals surface area contributed by atoms with Crippen LogP contribution in [-0.2, 0) is 11.3 Å². The van der Waals surface area contributed by atoms with Crippen molar-refractivity contribution in [3.63, 3.8) is 0 Å². The molecule has 0 spiro atoms. The number of ether oxygens (including phenoxy) is 1. The number of aromatic nitrogens is 2. The van der Waals surface area contributed by atoms with Crippen LogP contribution < -0.4 is 0 Å². The zero-order valence-corrected chi connectivity index (χ0v) is 23.2. The molecule has 2 aliphatic heterocycles. The summed E-state index contributed by atoms with van der Waals surface area (Å²) in [5, 5.41) is 5.70. The number of likely N-dealkylation sites (tertiary alicyclic amines) is 1. The van der Waals surface area contributed by atoms with Crippen molar-refractivity contribution in [3.05, 3.63) is 93.6 Å². The average Bonchev–Trinajstić information content (AvgIpc) is 3.44. The smallest absolute Gasteiger partial charge is 0.410 e. The molecule has 1 aromatic carbocycles. The zero-order valence-electron chi connectivity index (χ0n) is 22.4. The van der Waals surface area contributed by atoms with Gasteiger partial charge in [-0.05, 0) is 91.7 Å². The summed E-state index contributed by atoms with van der Waals surface area (Å²) in [4.78, 5) is 19.0. The lowest BCUT2D eigenvalue weighted by molar-refractivity contribution is 0.0399. The topological polar surface area (TPSA) is 61.5 Å². The molecule has 0 N–H and O–H groups in total. The van der Waals surface area contributed by atoms with Gasteiger partial charge in [0.15, 0.2) is 0 Å². The Hall–Kier alpha value is -3.25. The van der Waals surface area contributed by atoms with Gasteiger partial charge in [-0.25, -0.2) is 9.78 Å². The van der Waals surface area contributed by atoms with Gasteiger partial charge in [-0.15, -0.1) is 5.70 Å². The summed E-state index contributed by atoms with van der Waals surface area (Å²) in [5.41, 5.74) is 7.17. The number of allylic oxidation sites excluding steroid dienone is 4. The van der Waals surface area contributed by atoms with Gasteiger partial charge in [-0.3, -0.25) is 0 Å². The quantitative estimate of drug-likeness (QED) is 0.369. The summed E-state index contributed by atoms with van der Waals surface area (Å²) >= 11 is 6.51. The van der Waals surface area contributed by atoms with E-state index in [2.05, 4.69) is 33.8 Å². The van der Waals surface area contributed by atoms with Crippen LogP contribution in [0.2, 0.25) is 5.02 Å². The maximum absolute atomic E-state index is 12.9. The lowest BCUT2D eigenvalue weighted by Crippen LogP contribution is -2.41. The number of benzene rings is 1. The van der Waals surface area contributed by atoms with E-state index in [9.17, 15) is 4.79 Å². The molecule has 204 valence electrons. The monoisotopic (exact) mass is 543 g/mol. The number of imidazole rings is 1. The fraction of sp³-hybridized carbons (Fsp3) is 0.438. The van der Waals surface area contributed by atoms with Crippen molar-refractivity contribution in [2.45, 2.75) is 70.4 Å². The Labute approximate surface area is 236 Å². The number of carbonyl (C=O) groups excluding carboxylic acids is 1. The Kier molecular flexibility index (Phi) is 7.91. The number of amides is 1. The summed E-state index contributed by atoms with van der Waals surface area (Å²) in [6, 6.07) is 6.22. The predicted octanol–water partition coefficient (Wildman–Crippen LogP) is 8.13. The largest absolute Gasteiger partial charge is 0.663 e. The van der Waals surface area contributed by atoms with Crippen molar-refractivity contribution < 1.29 is 9.53 Å². The van der Waals surface area contributed by atoms with E-state index in [0.717, 1.165) is 74.2 Å². The first-order valence-corrected chi connectivity index (χ1v) is 14.8. The van der Waals surface area contributed by atoms with Crippen molar-refractivity contribution in [2.75, 3.05) is 13.1 Å². The van der Waals surface area contributed by atoms with E-state index >= 15 is 0 Å². The van der Waals surface area contributed by atoms with Crippen molar-refractivity contribution in [1.29, 1.82) is 0 Å². The number of halogens is 1. The van der Waals surface area contributed by atoms with Gasteiger partial charge in [0.2, 0.25) is 0 Å².